The molecule has 0 aliphatic carbocycles. The van der Waals surface area contributed by atoms with E-state index in [1.807, 2.05) is 0 Å². The average Bonchev–Trinajstić information content (AvgIpc) is 2.26. The zero-order valence-corrected chi connectivity index (χ0v) is 9.86. The monoisotopic (exact) mass is 243 g/mol. The minimum Gasteiger partial charge on any atom is -0.462 e. The number of hydrogen-bond acceptors (Lipinski definition) is 6. The third kappa shape index (κ3) is 6.34. The Kier molecular flexibility index (Phi) is 6.62. The first-order valence-corrected chi connectivity index (χ1v) is 4.93. The van der Waals surface area contributed by atoms with Crippen LogP contribution in [-0.4, -0.2) is 37.2 Å². The number of ether oxygens (including phenoxy) is 3. The third-order valence-electron chi connectivity index (χ3n) is 1.69. The molecule has 0 heterocycles. The zero-order valence-electron chi connectivity index (χ0n) is 9.86. The number of hydrogen-bond donors (Lipinski definition) is 0. The van der Waals surface area contributed by atoms with Crippen LogP contribution in [0.15, 0.2) is 12.7 Å². The number of carbonyl (C=O) groups is 2. The van der Waals surface area contributed by atoms with E-state index in [-0.39, 0.29) is 19.6 Å². The van der Waals surface area contributed by atoms with Gasteiger partial charge in [0.15, 0.2) is 0 Å². The van der Waals surface area contributed by atoms with Crippen LogP contribution in [0, 0.1) is 0 Å². The van der Waals surface area contributed by atoms with Crippen LogP contribution in [0.1, 0.15) is 20.3 Å². The standard InChI is InChI=1S/C11H15O6/c1-4-6-15-9(13)5-7-16-10(14)11(2,3)17-8-12/h4H,1,5-7H2,2-3H3. The van der Waals surface area contributed by atoms with E-state index in [0.717, 1.165) is 6.47 Å². The Hall–Kier alpha value is -1.85. The van der Waals surface area contributed by atoms with E-state index in [0.29, 0.717) is 0 Å². The highest BCUT2D eigenvalue weighted by atomic mass is 16.6. The Morgan fingerprint density at radius 2 is 2.00 bits per heavy atom. The Balaban J connectivity index is 3.88. The van der Waals surface area contributed by atoms with Crippen LogP contribution in [-0.2, 0) is 28.6 Å². The van der Waals surface area contributed by atoms with Gasteiger partial charge in [-0.15, -0.1) is 0 Å². The summed E-state index contributed by atoms with van der Waals surface area (Å²) in [4.78, 5) is 32.3. The molecule has 0 saturated carbocycles. The van der Waals surface area contributed by atoms with Gasteiger partial charge in [0.25, 0.3) is 0 Å². The van der Waals surface area contributed by atoms with Crippen molar-refractivity contribution in [1.29, 1.82) is 0 Å². The van der Waals surface area contributed by atoms with Crippen molar-refractivity contribution in [1.82, 2.24) is 0 Å². The molecule has 0 aliphatic heterocycles. The summed E-state index contributed by atoms with van der Waals surface area (Å²) in [6.45, 7) is 7.23. The summed E-state index contributed by atoms with van der Waals surface area (Å²) in [6.07, 6.45) is 1.36. The van der Waals surface area contributed by atoms with E-state index >= 15 is 0 Å². The second-order valence-electron chi connectivity index (χ2n) is 3.55. The summed E-state index contributed by atoms with van der Waals surface area (Å²) in [6, 6.07) is 0. The predicted octanol–water partition coefficient (Wildman–Crippen LogP) is 0.511. The fourth-order valence-corrected chi connectivity index (χ4v) is 0.771. The van der Waals surface area contributed by atoms with Crippen molar-refractivity contribution in [2.24, 2.45) is 0 Å². The van der Waals surface area contributed by atoms with Crippen LogP contribution < -0.4 is 0 Å². The highest BCUT2D eigenvalue weighted by Crippen LogP contribution is 2.10. The smallest absolute Gasteiger partial charge is 0.418 e. The van der Waals surface area contributed by atoms with Crippen LogP contribution in [0.3, 0.4) is 0 Å². The van der Waals surface area contributed by atoms with Gasteiger partial charge in [-0.05, 0) is 13.8 Å². The SMILES string of the molecule is C=CCOC(=O)CCOC(=O)C(C)(C)O[C]=O. The summed E-state index contributed by atoms with van der Waals surface area (Å²) in [5.41, 5.74) is -1.41. The van der Waals surface area contributed by atoms with Gasteiger partial charge in [0.1, 0.15) is 13.2 Å². The molecular weight excluding hydrogens is 228 g/mol. The van der Waals surface area contributed by atoms with E-state index < -0.39 is 17.5 Å². The zero-order chi connectivity index (χ0) is 13.3. The normalized spacial score (nSPS) is 10.2. The average molecular weight is 243 g/mol. The van der Waals surface area contributed by atoms with Gasteiger partial charge < -0.3 is 14.2 Å². The molecule has 0 fully saturated rings. The van der Waals surface area contributed by atoms with Crippen molar-refractivity contribution in [3.05, 3.63) is 12.7 Å². The van der Waals surface area contributed by atoms with Crippen molar-refractivity contribution < 1.29 is 28.6 Å². The first-order valence-electron chi connectivity index (χ1n) is 4.93. The van der Waals surface area contributed by atoms with Crippen molar-refractivity contribution >= 4 is 18.4 Å². The lowest BCUT2D eigenvalue weighted by Gasteiger charge is -2.19. The summed E-state index contributed by atoms with van der Waals surface area (Å²) >= 11 is 0. The van der Waals surface area contributed by atoms with Crippen LogP contribution in [0.25, 0.3) is 0 Å². The van der Waals surface area contributed by atoms with Crippen molar-refractivity contribution in [3.63, 3.8) is 0 Å². The fraction of sp³-hybridized carbons (Fsp3) is 0.545. The molecule has 0 rings (SSSR count). The minimum absolute atomic E-state index is 0.0690. The molecule has 0 atom stereocenters. The van der Waals surface area contributed by atoms with Gasteiger partial charge in [-0.1, -0.05) is 12.7 Å². The molecule has 0 spiro atoms. The fourth-order valence-electron chi connectivity index (χ4n) is 0.771. The van der Waals surface area contributed by atoms with Gasteiger partial charge in [0.05, 0.1) is 6.42 Å². The maximum atomic E-state index is 11.4. The molecular formula is C11H15O6. The lowest BCUT2D eigenvalue weighted by Crippen LogP contribution is -2.36. The summed E-state index contributed by atoms with van der Waals surface area (Å²) in [7, 11) is 0. The van der Waals surface area contributed by atoms with Gasteiger partial charge in [-0.2, -0.15) is 0 Å². The van der Waals surface area contributed by atoms with Crippen molar-refractivity contribution in [2.45, 2.75) is 25.9 Å². The minimum atomic E-state index is -1.41. The first-order chi connectivity index (χ1) is 7.94. The Labute approximate surface area is 99.5 Å². The van der Waals surface area contributed by atoms with E-state index in [1.165, 1.54) is 19.9 Å². The molecule has 6 nitrogen and oxygen atoms in total. The predicted molar refractivity (Wildman–Crippen MR) is 57.6 cm³/mol. The van der Waals surface area contributed by atoms with E-state index in [2.05, 4.69) is 16.1 Å². The van der Waals surface area contributed by atoms with Crippen LogP contribution >= 0.6 is 0 Å². The summed E-state index contributed by atoms with van der Waals surface area (Å²) in [5.74, 6) is -1.25. The third-order valence-corrected chi connectivity index (χ3v) is 1.69. The lowest BCUT2D eigenvalue weighted by atomic mass is 10.1. The van der Waals surface area contributed by atoms with Gasteiger partial charge in [-0.3, -0.25) is 4.79 Å². The highest BCUT2D eigenvalue weighted by molar-refractivity contribution is 5.80. The second-order valence-corrected chi connectivity index (χ2v) is 3.55. The molecule has 0 aromatic rings. The molecule has 0 amide bonds. The molecule has 0 N–H and O–H groups in total. The molecule has 0 aliphatic rings. The molecule has 1 radical (unpaired) electrons. The molecule has 17 heavy (non-hydrogen) atoms. The van der Waals surface area contributed by atoms with Crippen LogP contribution in [0.5, 0.6) is 0 Å². The topological polar surface area (TPSA) is 78.9 Å². The second kappa shape index (κ2) is 7.43. The molecule has 95 valence electrons. The molecule has 0 aromatic heterocycles. The summed E-state index contributed by atoms with van der Waals surface area (Å²) in [5, 5.41) is 0. The first kappa shape index (κ1) is 15.2. The summed E-state index contributed by atoms with van der Waals surface area (Å²) < 4.78 is 13.8. The Bertz CT molecular complexity index is 294. The van der Waals surface area contributed by atoms with E-state index in [1.54, 1.807) is 0 Å². The van der Waals surface area contributed by atoms with Crippen LogP contribution in [0.2, 0.25) is 0 Å². The Morgan fingerprint density at radius 3 is 2.53 bits per heavy atom. The maximum absolute atomic E-state index is 11.4. The van der Waals surface area contributed by atoms with E-state index in [4.69, 9.17) is 4.74 Å². The van der Waals surface area contributed by atoms with Crippen LogP contribution in [0.4, 0.5) is 0 Å². The van der Waals surface area contributed by atoms with Crippen molar-refractivity contribution in [3.8, 4) is 0 Å². The molecule has 0 unspecified atom stereocenters. The number of carbonyl (C=O) groups excluding carboxylic acids is 3. The molecule has 6 heteroatoms. The lowest BCUT2D eigenvalue weighted by molar-refractivity contribution is -0.162. The largest absolute Gasteiger partial charge is 0.462 e. The maximum Gasteiger partial charge on any atom is 0.418 e. The number of esters is 2. The van der Waals surface area contributed by atoms with Crippen molar-refractivity contribution in [2.75, 3.05) is 13.2 Å². The quantitative estimate of drug-likeness (QED) is 0.351. The molecule has 0 saturated heterocycles. The van der Waals surface area contributed by atoms with E-state index in [9.17, 15) is 14.4 Å². The molecule has 0 aromatic carbocycles. The highest BCUT2D eigenvalue weighted by Gasteiger charge is 2.31. The molecule has 0 bridgehead atoms. The van der Waals surface area contributed by atoms with Gasteiger partial charge >= 0.3 is 18.4 Å². The Morgan fingerprint density at radius 1 is 1.35 bits per heavy atom. The van der Waals surface area contributed by atoms with Gasteiger partial charge in [0, 0.05) is 0 Å². The van der Waals surface area contributed by atoms with Gasteiger partial charge in [-0.25, -0.2) is 9.59 Å². The van der Waals surface area contributed by atoms with Gasteiger partial charge in [0.2, 0.25) is 5.60 Å². The number of rotatable bonds is 8.